The van der Waals surface area contributed by atoms with Gasteiger partial charge in [0.25, 0.3) is 0 Å². The highest BCUT2D eigenvalue weighted by Gasteiger charge is 2.28. The average Bonchev–Trinajstić information content (AvgIpc) is 3.35. The van der Waals surface area contributed by atoms with Gasteiger partial charge < -0.3 is 18.6 Å². The minimum Gasteiger partial charge on any atom is -0.497 e. The molecule has 32 heavy (non-hydrogen) atoms. The Hall–Kier alpha value is -3.84. The number of esters is 1. The molecule has 0 saturated carbocycles. The number of halogens is 1. The Balaban J connectivity index is 1.35. The van der Waals surface area contributed by atoms with Crippen molar-refractivity contribution in [2.45, 2.75) is 0 Å². The van der Waals surface area contributed by atoms with Crippen LogP contribution in [0.1, 0.15) is 26.5 Å². The molecule has 0 fully saturated rings. The molecular weight excluding hydrogens is 476 g/mol. The highest BCUT2D eigenvalue weighted by molar-refractivity contribution is 9.10. The molecule has 2 heterocycles. The van der Waals surface area contributed by atoms with Crippen LogP contribution in [-0.4, -0.2) is 18.9 Å². The molecule has 5 rings (SSSR count). The maximum Gasteiger partial charge on any atom is 0.379 e. The summed E-state index contributed by atoms with van der Waals surface area (Å²) in [5, 5.41) is 0.780. The summed E-state index contributed by atoms with van der Waals surface area (Å²) in [6, 6.07) is 18.9. The van der Waals surface area contributed by atoms with E-state index in [0.29, 0.717) is 16.9 Å². The van der Waals surface area contributed by atoms with Crippen LogP contribution in [0.3, 0.4) is 0 Å². The second-order valence-corrected chi connectivity index (χ2v) is 7.97. The Morgan fingerprint density at radius 2 is 1.75 bits per heavy atom. The normalized spacial score (nSPS) is 13.8. The number of furan rings is 1. The Morgan fingerprint density at radius 1 is 0.969 bits per heavy atom. The minimum atomic E-state index is -0.643. The standard InChI is InChI=1S/C25H15BrO6/c1-29-17-5-2-14(3-6-17)10-22-24(27)19-8-7-18(13-21(19)32-22)30-25(28)23-12-15-11-16(26)4-9-20(15)31-23/h2-13H,1H3/b22-10-. The van der Waals surface area contributed by atoms with E-state index in [9.17, 15) is 9.59 Å². The molecule has 6 nitrogen and oxygen atoms in total. The molecule has 0 atom stereocenters. The molecule has 0 spiro atoms. The Labute approximate surface area is 191 Å². The average molecular weight is 491 g/mol. The van der Waals surface area contributed by atoms with Gasteiger partial charge in [-0.1, -0.05) is 28.1 Å². The number of allylic oxidation sites excluding steroid dienone is 1. The van der Waals surface area contributed by atoms with Crippen LogP contribution in [0.5, 0.6) is 17.2 Å². The summed E-state index contributed by atoms with van der Waals surface area (Å²) in [5.41, 5.74) is 1.78. The van der Waals surface area contributed by atoms with Gasteiger partial charge in [0.05, 0.1) is 12.7 Å². The summed E-state index contributed by atoms with van der Waals surface area (Å²) in [7, 11) is 1.59. The third kappa shape index (κ3) is 3.78. The quantitative estimate of drug-likeness (QED) is 0.197. The van der Waals surface area contributed by atoms with Gasteiger partial charge in [0.2, 0.25) is 11.5 Å². The van der Waals surface area contributed by atoms with Crippen molar-refractivity contribution in [2.75, 3.05) is 7.11 Å². The van der Waals surface area contributed by atoms with E-state index in [0.717, 1.165) is 21.2 Å². The van der Waals surface area contributed by atoms with Crippen molar-refractivity contribution in [3.05, 3.63) is 93.8 Å². The molecule has 1 aromatic heterocycles. The first-order valence-corrected chi connectivity index (χ1v) is 10.4. The van der Waals surface area contributed by atoms with E-state index >= 15 is 0 Å². The molecule has 0 radical (unpaired) electrons. The van der Waals surface area contributed by atoms with Crippen LogP contribution in [0.25, 0.3) is 17.0 Å². The lowest BCUT2D eigenvalue weighted by molar-refractivity contribution is 0.0703. The Morgan fingerprint density at radius 3 is 2.53 bits per heavy atom. The molecule has 0 unspecified atom stereocenters. The number of fused-ring (bicyclic) bond motifs is 2. The highest BCUT2D eigenvalue weighted by Crippen LogP contribution is 2.35. The van der Waals surface area contributed by atoms with Crippen molar-refractivity contribution in [1.82, 2.24) is 0 Å². The van der Waals surface area contributed by atoms with E-state index in [2.05, 4.69) is 15.9 Å². The molecule has 4 aromatic rings. The van der Waals surface area contributed by atoms with Crippen LogP contribution in [0.2, 0.25) is 0 Å². The summed E-state index contributed by atoms with van der Waals surface area (Å²) in [6.45, 7) is 0. The third-order valence-corrected chi connectivity index (χ3v) is 5.44. The summed E-state index contributed by atoms with van der Waals surface area (Å²) in [6.07, 6.45) is 1.65. The number of rotatable bonds is 4. The van der Waals surface area contributed by atoms with Crippen molar-refractivity contribution in [2.24, 2.45) is 0 Å². The van der Waals surface area contributed by atoms with Gasteiger partial charge in [-0.25, -0.2) is 4.79 Å². The second-order valence-electron chi connectivity index (χ2n) is 7.05. The predicted octanol–water partition coefficient (Wildman–Crippen LogP) is 6.04. The first kappa shape index (κ1) is 20.1. The van der Waals surface area contributed by atoms with Crippen LogP contribution in [-0.2, 0) is 0 Å². The molecule has 7 heteroatoms. The van der Waals surface area contributed by atoms with Crippen LogP contribution in [0.15, 0.2) is 81.4 Å². The number of Topliss-reactive ketones (excluding diaryl/α,β-unsaturated/α-hetero) is 1. The maximum atomic E-state index is 12.7. The lowest BCUT2D eigenvalue weighted by Gasteiger charge is -2.04. The zero-order chi connectivity index (χ0) is 22.2. The van der Waals surface area contributed by atoms with E-state index in [4.69, 9.17) is 18.6 Å². The van der Waals surface area contributed by atoms with E-state index in [-0.39, 0.29) is 23.1 Å². The number of carbonyl (C=O) groups is 2. The number of carbonyl (C=O) groups excluding carboxylic acids is 2. The van der Waals surface area contributed by atoms with Crippen LogP contribution in [0.4, 0.5) is 0 Å². The summed E-state index contributed by atoms with van der Waals surface area (Å²) in [5.74, 6) is 0.680. The van der Waals surface area contributed by atoms with Crippen molar-refractivity contribution < 1.29 is 28.2 Å². The number of hydrogen-bond acceptors (Lipinski definition) is 6. The van der Waals surface area contributed by atoms with Crippen molar-refractivity contribution in [3.63, 3.8) is 0 Å². The first-order valence-electron chi connectivity index (χ1n) is 9.64. The molecule has 0 bridgehead atoms. The number of benzene rings is 3. The SMILES string of the molecule is COc1ccc(/C=C2\Oc3cc(OC(=O)c4cc5cc(Br)ccc5o4)ccc3C2=O)cc1. The van der Waals surface area contributed by atoms with Gasteiger partial charge in [0, 0.05) is 15.9 Å². The zero-order valence-electron chi connectivity index (χ0n) is 16.8. The Kier molecular flexibility index (Phi) is 5.03. The van der Waals surface area contributed by atoms with Crippen LogP contribution < -0.4 is 14.2 Å². The maximum absolute atomic E-state index is 12.7. The van der Waals surface area contributed by atoms with Gasteiger partial charge in [-0.05, 0) is 60.2 Å². The number of methoxy groups -OCH3 is 1. The van der Waals surface area contributed by atoms with Crippen molar-refractivity contribution in [1.29, 1.82) is 0 Å². The monoisotopic (exact) mass is 490 g/mol. The first-order chi connectivity index (χ1) is 15.5. The predicted molar refractivity (Wildman–Crippen MR) is 121 cm³/mol. The molecular formula is C25H15BrO6. The fourth-order valence-electron chi connectivity index (χ4n) is 3.35. The number of ketones is 1. The van der Waals surface area contributed by atoms with Crippen LogP contribution in [0, 0.1) is 0 Å². The topological polar surface area (TPSA) is 75.0 Å². The lowest BCUT2D eigenvalue weighted by atomic mass is 10.1. The van der Waals surface area contributed by atoms with E-state index in [1.807, 2.05) is 24.3 Å². The van der Waals surface area contributed by atoms with Crippen molar-refractivity contribution >= 4 is 44.7 Å². The number of hydrogen-bond donors (Lipinski definition) is 0. The molecule has 1 aliphatic rings. The fourth-order valence-corrected chi connectivity index (χ4v) is 3.73. The van der Waals surface area contributed by atoms with Gasteiger partial charge in [-0.15, -0.1) is 0 Å². The second kappa shape index (κ2) is 8.01. The van der Waals surface area contributed by atoms with Gasteiger partial charge in [0.15, 0.2) is 5.76 Å². The molecule has 1 aliphatic heterocycles. The molecule has 0 saturated heterocycles. The van der Waals surface area contributed by atoms with Gasteiger partial charge in [-0.2, -0.15) is 0 Å². The largest absolute Gasteiger partial charge is 0.497 e. The smallest absolute Gasteiger partial charge is 0.379 e. The van der Waals surface area contributed by atoms with E-state index in [1.54, 1.807) is 49.6 Å². The summed E-state index contributed by atoms with van der Waals surface area (Å²) in [4.78, 5) is 25.2. The Bertz CT molecular complexity index is 1400. The van der Waals surface area contributed by atoms with Gasteiger partial charge in [0.1, 0.15) is 22.8 Å². The fraction of sp³-hybridized carbons (Fsp3) is 0.0400. The zero-order valence-corrected chi connectivity index (χ0v) is 18.3. The van der Waals surface area contributed by atoms with E-state index in [1.165, 1.54) is 6.07 Å². The number of ether oxygens (including phenoxy) is 3. The van der Waals surface area contributed by atoms with Gasteiger partial charge in [-0.3, -0.25) is 4.79 Å². The van der Waals surface area contributed by atoms with E-state index < -0.39 is 5.97 Å². The molecule has 0 amide bonds. The van der Waals surface area contributed by atoms with Crippen molar-refractivity contribution in [3.8, 4) is 17.2 Å². The summed E-state index contributed by atoms with van der Waals surface area (Å²) >= 11 is 3.39. The molecule has 3 aromatic carbocycles. The molecule has 0 aliphatic carbocycles. The lowest BCUT2D eigenvalue weighted by Crippen LogP contribution is -2.07. The highest BCUT2D eigenvalue weighted by atomic mass is 79.9. The van der Waals surface area contributed by atoms with Gasteiger partial charge >= 0.3 is 5.97 Å². The summed E-state index contributed by atoms with van der Waals surface area (Å²) < 4.78 is 22.7. The molecule has 158 valence electrons. The third-order valence-electron chi connectivity index (χ3n) is 4.95. The van der Waals surface area contributed by atoms with Crippen LogP contribution >= 0.6 is 15.9 Å². The molecule has 0 N–H and O–H groups in total. The minimum absolute atomic E-state index is 0.0793.